The van der Waals surface area contributed by atoms with E-state index in [0.29, 0.717) is 16.5 Å². The standard InChI is InChI=1S/C19H18F2N6OS2/c1-19(2,3)13-7-24-14(28-13)9-29-15-8-25-18(30-15)26-17(23)27(10-22)16-11(20)5-4-6-12(16)21/h4-8H,9H2,1-3H3,(H2,23,25,26). The number of benzene rings is 1. The maximum Gasteiger partial charge on any atom is 0.217 e. The van der Waals surface area contributed by atoms with Crippen LogP contribution in [-0.4, -0.2) is 15.9 Å². The van der Waals surface area contributed by atoms with Gasteiger partial charge in [0.2, 0.25) is 17.0 Å². The van der Waals surface area contributed by atoms with E-state index in [2.05, 4.69) is 15.0 Å². The molecule has 1 aromatic carbocycles. The van der Waals surface area contributed by atoms with Crippen molar-refractivity contribution in [3.05, 3.63) is 53.9 Å². The van der Waals surface area contributed by atoms with E-state index in [9.17, 15) is 14.0 Å². The number of aromatic nitrogens is 2. The van der Waals surface area contributed by atoms with Crippen molar-refractivity contribution in [1.82, 2.24) is 9.97 Å². The lowest BCUT2D eigenvalue weighted by molar-refractivity contribution is 0.391. The second-order valence-electron chi connectivity index (χ2n) is 7.09. The highest BCUT2D eigenvalue weighted by atomic mass is 32.2. The van der Waals surface area contributed by atoms with Gasteiger partial charge in [0.15, 0.2) is 17.8 Å². The van der Waals surface area contributed by atoms with E-state index in [1.165, 1.54) is 29.2 Å². The molecule has 11 heteroatoms. The lowest BCUT2D eigenvalue weighted by Crippen LogP contribution is -2.34. The van der Waals surface area contributed by atoms with Gasteiger partial charge in [0.1, 0.15) is 11.4 Å². The van der Waals surface area contributed by atoms with Gasteiger partial charge < -0.3 is 10.2 Å². The van der Waals surface area contributed by atoms with Gasteiger partial charge in [-0.05, 0) is 12.1 Å². The average Bonchev–Trinajstić information content (AvgIpc) is 3.32. The Morgan fingerprint density at radius 1 is 1.30 bits per heavy atom. The molecule has 0 atom stereocenters. The third-order valence-electron chi connectivity index (χ3n) is 3.80. The molecule has 2 N–H and O–H groups in total. The quantitative estimate of drug-likeness (QED) is 0.194. The normalized spacial score (nSPS) is 12.1. The summed E-state index contributed by atoms with van der Waals surface area (Å²) in [6.07, 6.45) is 4.95. The Morgan fingerprint density at radius 2 is 2.00 bits per heavy atom. The van der Waals surface area contributed by atoms with Crippen LogP contribution in [0, 0.1) is 23.1 Å². The van der Waals surface area contributed by atoms with Crippen molar-refractivity contribution < 1.29 is 13.2 Å². The first kappa shape index (κ1) is 21.7. The maximum absolute atomic E-state index is 14.0. The van der Waals surface area contributed by atoms with Gasteiger partial charge in [0, 0.05) is 5.41 Å². The number of thioether (sulfide) groups is 1. The van der Waals surface area contributed by atoms with Crippen LogP contribution in [0.2, 0.25) is 0 Å². The first-order chi connectivity index (χ1) is 14.2. The number of anilines is 1. The minimum atomic E-state index is -0.925. The second-order valence-corrected chi connectivity index (χ2v) is 9.38. The highest BCUT2D eigenvalue weighted by Gasteiger charge is 2.21. The van der Waals surface area contributed by atoms with Gasteiger partial charge in [-0.3, -0.25) is 0 Å². The molecule has 30 heavy (non-hydrogen) atoms. The van der Waals surface area contributed by atoms with E-state index >= 15 is 0 Å². The number of thiazole rings is 1. The van der Waals surface area contributed by atoms with Crippen LogP contribution in [0.4, 0.5) is 19.6 Å². The van der Waals surface area contributed by atoms with Gasteiger partial charge in [-0.2, -0.15) is 10.3 Å². The molecular formula is C19H18F2N6OS2. The lowest BCUT2D eigenvalue weighted by atomic mass is 9.94. The summed E-state index contributed by atoms with van der Waals surface area (Å²) >= 11 is 2.67. The van der Waals surface area contributed by atoms with Crippen LogP contribution in [0.15, 0.2) is 44.2 Å². The summed E-state index contributed by atoms with van der Waals surface area (Å²) in [5, 5.41) is 9.54. The molecule has 3 rings (SSSR count). The molecule has 0 fully saturated rings. The number of para-hydroxylation sites is 1. The number of halogens is 2. The smallest absolute Gasteiger partial charge is 0.217 e. The Balaban J connectivity index is 1.71. The molecule has 0 aliphatic carbocycles. The number of guanidine groups is 1. The van der Waals surface area contributed by atoms with E-state index < -0.39 is 23.3 Å². The molecule has 3 aromatic rings. The maximum atomic E-state index is 14.0. The largest absolute Gasteiger partial charge is 0.444 e. The molecule has 0 spiro atoms. The molecular weight excluding hydrogens is 430 g/mol. The number of hydrogen-bond donors (Lipinski definition) is 1. The Kier molecular flexibility index (Phi) is 6.38. The second kappa shape index (κ2) is 8.81. The predicted molar refractivity (Wildman–Crippen MR) is 113 cm³/mol. The van der Waals surface area contributed by atoms with Crippen molar-refractivity contribution in [1.29, 1.82) is 5.26 Å². The first-order valence-electron chi connectivity index (χ1n) is 8.71. The predicted octanol–water partition coefficient (Wildman–Crippen LogP) is 4.93. The monoisotopic (exact) mass is 448 g/mol. The third kappa shape index (κ3) is 4.95. The number of rotatable bonds is 5. The number of oxazole rings is 1. The van der Waals surface area contributed by atoms with Crippen LogP contribution in [0.25, 0.3) is 0 Å². The number of nitrogens with two attached hydrogens (primary N) is 1. The highest BCUT2D eigenvalue weighted by Crippen LogP contribution is 2.33. The molecule has 0 aliphatic heterocycles. The van der Waals surface area contributed by atoms with E-state index in [1.807, 2.05) is 20.8 Å². The average molecular weight is 449 g/mol. The van der Waals surface area contributed by atoms with Gasteiger partial charge >= 0.3 is 0 Å². The van der Waals surface area contributed by atoms with Crippen LogP contribution in [0.3, 0.4) is 0 Å². The molecule has 7 nitrogen and oxygen atoms in total. The summed E-state index contributed by atoms with van der Waals surface area (Å²) in [5.74, 6) is -0.348. The van der Waals surface area contributed by atoms with Crippen molar-refractivity contribution in [3.8, 4) is 6.19 Å². The summed E-state index contributed by atoms with van der Waals surface area (Å²) in [6.45, 7) is 6.13. The number of nitriles is 1. The molecule has 0 saturated carbocycles. The van der Waals surface area contributed by atoms with Crippen molar-refractivity contribution in [2.75, 3.05) is 4.90 Å². The van der Waals surface area contributed by atoms with Crippen molar-refractivity contribution in [3.63, 3.8) is 0 Å². The summed E-state index contributed by atoms with van der Waals surface area (Å²) in [6, 6.07) is 3.25. The van der Waals surface area contributed by atoms with Gasteiger partial charge in [-0.25, -0.2) is 23.6 Å². The molecule has 2 heterocycles. The minimum Gasteiger partial charge on any atom is -0.444 e. The molecule has 0 bridgehead atoms. The minimum absolute atomic E-state index is 0.121. The molecule has 0 saturated heterocycles. The number of aliphatic imine (C=N–C) groups is 1. The number of hydrogen-bond acceptors (Lipinski definition) is 7. The SMILES string of the molecule is CC(C)(C)c1cnc(CSc2cnc(N=C(N)N(C#N)c3c(F)cccc3F)s2)o1. The van der Waals surface area contributed by atoms with Crippen LogP contribution in [0.1, 0.15) is 32.4 Å². The van der Waals surface area contributed by atoms with Gasteiger partial charge in [-0.1, -0.05) is 38.2 Å². The van der Waals surface area contributed by atoms with Crippen molar-refractivity contribution >= 4 is 39.9 Å². The Hall–Kier alpha value is -2.97. The summed E-state index contributed by atoms with van der Waals surface area (Å²) in [4.78, 5) is 13.0. The van der Waals surface area contributed by atoms with Crippen LogP contribution in [0.5, 0.6) is 0 Å². The first-order valence-corrected chi connectivity index (χ1v) is 10.5. The van der Waals surface area contributed by atoms with E-state index in [4.69, 9.17) is 10.2 Å². The zero-order valence-corrected chi connectivity index (χ0v) is 18.0. The van der Waals surface area contributed by atoms with E-state index in [-0.39, 0.29) is 10.5 Å². The number of nitrogens with zero attached hydrogens (tertiary/aromatic N) is 5. The molecule has 156 valence electrons. The molecule has 0 unspecified atom stereocenters. The Morgan fingerprint density at radius 3 is 2.60 bits per heavy atom. The van der Waals surface area contributed by atoms with Gasteiger partial charge in [-0.15, -0.1) is 11.8 Å². The molecule has 2 aromatic heterocycles. The van der Waals surface area contributed by atoms with Crippen LogP contribution >= 0.6 is 23.1 Å². The Bertz CT molecular complexity index is 1090. The van der Waals surface area contributed by atoms with Crippen LogP contribution < -0.4 is 10.6 Å². The van der Waals surface area contributed by atoms with E-state index in [1.54, 1.807) is 18.6 Å². The zero-order chi connectivity index (χ0) is 21.9. The summed E-state index contributed by atoms with van der Waals surface area (Å²) in [7, 11) is 0. The molecule has 0 aliphatic rings. The molecule has 0 amide bonds. The fraction of sp³-hybridized carbons (Fsp3) is 0.263. The summed E-state index contributed by atoms with van der Waals surface area (Å²) < 4.78 is 34.5. The van der Waals surface area contributed by atoms with Crippen LogP contribution in [-0.2, 0) is 11.2 Å². The third-order valence-corrected chi connectivity index (χ3v) is 5.87. The molecule has 0 radical (unpaired) electrons. The van der Waals surface area contributed by atoms with Gasteiger partial charge in [0.05, 0.1) is 22.4 Å². The Labute approximate surface area is 180 Å². The summed E-state index contributed by atoms with van der Waals surface area (Å²) in [5.41, 5.74) is 5.09. The topological polar surface area (TPSA) is 104 Å². The zero-order valence-electron chi connectivity index (χ0n) is 16.4. The fourth-order valence-electron chi connectivity index (χ4n) is 2.29. The van der Waals surface area contributed by atoms with E-state index in [0.717, 1.165) is 22.1 Å². The van der Waals surface area contributed by atoms with Crippen molar-refractivity contribution in [2.45, 2.75) is 36.1 Å². The van der Waals surface area contributed by atoms with Crippen molar-refractivity contribution in [2.24, 2.45) is 10.7 Å². The lowest BCUT2D eigenvalue weighted by Gasteiger charge is -2.15. The fourth-order valence-corrected chi connectivity index (χ4v) is 3.98. The van der Waals surface area contributed by atoms with Gasteiger partial charge in [0.25, 0.3) is 0 Å². The highest BCUT2D eigenvalue weighted by molar-refractivity contribution is 8.00.